The van der Waals surface area contributed by atoms with Crippen LogP contribution in [0.5, 0.6) is 0 Å². The number of nitrogens with zero attached hydrogens (tertiary/aromatic N) is 3. The van der Waals surface area contributed by atoms with Crippen molar-refractivity contribution in [2.24, 2.45) is 0 Å². The number of nitrogens with one attached hydrogen (secondary N) is 1. The summed E-state index contributed by atoms with van der Waals surface area (Å²) in [5, 5.41) is 2.22. The number of benzene rings is 2. The molecule has 1 N–H and O–H groups in total. The van der Waals surface area contributed by atoms with Crippen molar-refractivity contribution in [1.29, 1.82) is 0 Å². The number of anilines is 1. The molecule has 36 heavy (non-hydrogen) atoms. The second-order valence-corrected chi connectivity index (χ2v) is 8.77. The van der Waals surface area contributed by atoms with Gasteiger partial charge in [-0.25, -0.2) is 4.98 Å². The molecule has 1 unspecified atom stereocenters. The highest BCUT2D eigenvalue weighted by atomic mass is 35.5. The first kappa shape index (κ1) is 25.9. The van der Waals surface area contributed by atoms with E-state index in [0.717, 1.165) is 4.57 Å². The van der Waals surface area contributed by atoms with Crippen LogP contribution in [0.15, 0.2) is 30.3 Å². The lowest BCUT2D eigenvalue weighted by Gasteiger charge is -2.30. The Morgan fingerprint density at radius 2 is 1.86 bits per heavy atom. The Kier molecular flexibility index (Phi) is 7.26. The molecule has 4 rings (SSSR count). The van der Waals surface area contributed by atoms with Crippen LogP contribution in [0.25, 0.3) is 11.0 Å². The molecule has 1 aromatic heterocycles. The van der Waals surface area contributed by atoms with Gasteiger partial charge in [0.05, 0.1) is 40.0 Å². The molecular weight excluding hydrogens is 524 g/mol. The van der Waals surface area contributed by atoms with Crippen molar-refractivity contribution in [1.82, 2.24) is 14.5 Å². The van der Waals surface area contributed by atoms with E-state index in [9.17, 15) is 27.6 Å². The molecule has 0 radical (unpaired) electrons. The van der Waals surface area contributed by atoms with Crippen molar-refractivity contribution in [3.8, 4) is 0 Å². The number of amides is 2. The van der Waals surface area contributed by atoms with Crippen LogP contribution in [-0.4, -0.2) is 58.9 Å². The van der Waals surface area contributed by atoms with Crippen molar-refractivity contribution in [3.63, 3.8) is 0 Å². The largest absolute Gasteiger partial charge is 0.449 e. The van der Waals surface area contributed by atoms with Crippen molar-refractivity contribution >= 4 is 58.0 Å². The third-order valence-electron chi connectivity index (χ3n) is 5.76. The van der Waals surface area contributed by atoms with Crippen LogP contribution < -0.4 is 5.32 Å². The lowest BCUT2D eigenvalue weighted by molar-refractivity contribution is -0.150. The van der Waals surface area contributed by atoms with E-state index in [0.29, 0.717) is 19.5 Å². The van der Waals surface area contributed by atoms with Crippen LogP contribution in [0.3, 0.4) is 0 Å². The summed E-state index contributed by atoms with van der Waals surface area (Å²) in [6, 6.07) is 5.57. The van der Waals surface area contributed by atoms with Gasteiger partial charge in [0, 0.05) is 18.7 Å². The Labute approximate surface area is 212 Å². The second-order valence-electron chi connectivity index (χ2n) is 7.99. The van der Waals surface area contributed by atoms with Crippen molar-refractivity contribution in [2.75, 3.05) is 31.6 Å². The minimum Gasteiger partial charge on any atom is -0.378 e. The zero-order valence-electron chi connectivity index (χ0n) is 18.7. The van der Waals surface area contributed by atoms with Crippen LogP contribution in [0.4, 0.5) is 18.9 Å². The molecule has 0 spiro atoms. The number of carbonyl (C=O) groups is 3. The number of alkyl halides is 3. The van der Waals surface area contributed by atoms with Gasteiger partial charge in [-0.3, -0.25) is 14.4 Å². The molecule has 1 atom stereocenters. The topological polar surface area (TPSA) is 93.5 Å². The maximum Gasteiger partial charge on any atom is 0.449 e. The lowest BCUT2D eigenvalue weighted by Crippen LogP contribution is -2.44. The highest BCUT2D eigenvalue weighted by Crippen LogP contribution is 2.37. The van der Waals surface area contributed by atoms with E-state index in [1.165, 1.54) is 42.2 Å². The second kappa shape index (κ2) is 10.1. The first-order valence-electron chi connectivity index (χ1n) is 10.7. The van der Waals surface area contributed by atoms with Crippen molar-refractivity contribution < 1.29 is 32.3 Å². The number of aldehydes is 1. The number of hydrogen-bond donors (Lipinski definition) is 1. The Balaban J connectivity index is 1.78. The third-order valence-corrected chi connectivity index (χ3v) is 6.49. The fourth-order valence-electron chi connectivity index (χ4n) is 4.02. The molecule has 1 aliphatic heterocycles. The zero-order valence-corrected chi connectivity index (χ0v) is 20.2. The molecule has 1 saturated heterocycles. The Hall–Kier alpha value is -3.15. The molecule has 1 fully saturated rings. The van der Waals surface area contributed by atoms with Crippen LogP contribution in [-0.2, 0) is 15.7 Å². The number of halogens is 5. The summed E-state index contributed by atoms with van der Waals surface area (Å²) in [6.45, 7) is 2.48. The van der Waals surface area contributed by atoms with E-state index in [4.69, 9.17) is 27.9 Å². The van der Waals surface area contributed by atoms with Gasteiger partial charge in [0.2, 0.25) is 11.7 Å². The number of para-hydroxylation sites is 1. The van der Waals surface area contributed by atoms with Gasteiger partial charge in [-0.15, -0.1) is 0 Å². The SMILES string of the molecule is CC(C(=O)N1CCOCC1)n1c(C(F)(F)F)nc2c(NC(=O)c3c(Cl)ccc(C=O)c3Cl)cccc21. The molecule has 1 aliphatic rings. The molecule has 3 aromatic rings. The molecule has 13 heteroatoms. The van der Waals surface area contributed by atoms with Gasteiger partial charge in [-0.2, -0.15) is 13.2 Å². The minimum atomic E-state index is -4.88. The third kappa shape index (κ3) is 4.78. The highest BCUT2D eigenvalue weighted by molar-refractivity contribution is 6.41. The summed E-state index contributed by atoms with van der Waals surface area (Å²) in [5.74, 6) is -2.64. The minimum absolute atomic E-state index is 0.00642. The fourth-order valence-corrected chi connectivity index (χ4v) is 4.61. The normalized spacial score (nSPS) is 15.1. The Morgan fingerprint density at radius 3 is 2.50 bits per heavy atom. The van der Waals surface area contributed by atoms with Gasteiger partial charge in [-0.1, -0.05) is 29.3 Å². The number of ether oxygens (including phenoxy) is 1. The van der Waals surface area contributed by atoms with E-state index < -0.39 is 29.9 Å². The summed E-state index contributed by atoms with van der Waals surface area (Å²) < 4.78 is 48.1. The maximum absolute atomic E-state index is 14.0. The predicted octanol–water partition coefficient (Wildman–Crippen LogP) is 4.85. The standard InChI is InChI=1S/C23H19Cl2F3N4O4/c1-12(21(35)31-7-9-36-10-8-31)32-16-4-2-3-15(19(16)30-22(32)23(26,27)28)29-20(34)17-14(24)6-5-13(11-33)18(17)25/h2-6,11-12H,7-10H2,1H3,(H,29,34). The van der Waals surface area contributed by atoms with E-state index >= 15 is 0 Å². The van der Waals surface area contributed by atoms with E-state index in [1.54, 1.807) is 0 Å². The number of imidazole rings is 1. The van der Waals surface area contributed by atoms with Gasteiger partial charge in [0.15, 0.2) is 6.29 Å². The van der Waals surface area contributed by atoms with Crippen LogP contribution in [0, 0.1) is 0 Å². The van der Waals surface area contributed by atoms with E-state index in [-0.39, 0.29) is 51.0 Å². The number of rotatable bonds is 5. The Bertz CT molecular complexity index is 1350. The predicted molar refractivity (Wildman–Crippen MR) is 127 cm³/mol. The zero-order chi connectivity index (χ0) is 26.2. The summed E-state index contributed by atoms with van der Waals surface area (Å²) in [5.41, 5.74) is -0.446. The van der Waals surface area contributed by atoms with Gasteiger partial charge >= 0.3 is 6.18 Å². The first-order chi connectivity index (χ1) is 17.0. The van der Waals surface area contributed by atoms with Gasteiger partial charge in [0.25, 0.3) is 5.91 Å². The number of hydrogen-bond acceptors (Lipinski definition) is 5. The average molecular weight is 543 g/mol. The smallest absolute Gasteiger partial charge is 0.378 e. The van der Waals surface area contributed by atoms with Crippen LogP contribution in [0.1, 0.15) is 39.5 Å². The van der Waals surface area contributed by atoms with Crippen LogP contribution in [0.2, 0.25) is 10.0 Å². The fraction of sp³-hybridized carbons (Fsp3) is 0.304. The molecule has 190 valence electrons. The van der Waals surface area contributed by atoms with Gasteiger partial charge < -0.3 is 19.5 Å². The quantitative estimate of drug-likeness (QED) is 0.465. The van der Waals surface area contributed by atoms with E-state index in [1.807, 2.05) is 0 Å². The lowest BCUT2D eigenvalue weighted by atomic mass is 10.1. The highest BCUT2D eigenvalue weighted by Gasteiger charge is 2.41. The molecule has 2 amide bonds. The monoisotopic (exact) mass is 542 g/mol. The summed E-state index contributed by atoms with van der Waals surface area (Å²) in [4.78, 5) is 42.4. The summed E-state index contributed by atoms with van der Waals surface area (Å²) in [6.07, 6.45) is -4.44. The van der Waals surface area contributed by atoms with Crippen molar-refractivity contribution in [3.05, 3.63) is 57.3 Å². The van der Waals surface area contributed by atoms with Crippen LogP contribution >= 0.6 is 23.2 Å². The molecular formula is C23H19Cl2F3N4O4. The number of fused-ring (bicyclic) bond motifs is 1. The Morgan fingerprint density at radius 1 is 1.17 bits per heavy atom. The van der Waals surface area contributed by atoms with Gasteiger partial charge in [0.1, 0.15) is 11.6 Å². The van der Waals surface area contributed by atoms with E-state index in [2.05, 4.69) is 10.3 Å². The van der Waals surface area contributed by atoms with Gasteiger partial charge in [-0.05, 0) is 31.2 Å². The molecule has 0 bridgehead atoms. The number of aromatic nitrogens is 2. The molecule has 0 saturated carbocycles. The molecule has 8 nitrogen and oxygen atoms in total. The molecule has 2 aromatic carbocycles. The molecule has 2 heterocycles. The number of morpholine rings is 1. The maximum atomic E-state index is 14.0. The van der Waals surface area contributed by atoms with Crippen molar-refractivity contribution in [2.45, 2.75) is 19.1 Å². The molecule has 0 aliphatic carbocycles. The average Bonchev–Trinajstić information content (AvgIpc) is 3.25. The number of carbonyl (C=O) groups excluding carboxylic acids is 3. The summed E-state index contributed by atoms with van der Waals surface area (Å²) >= 11 is 12.2. The summed E-state index contributed by atoms with van der Waals surface area (Å²) in [7, 11) is 0. The first-order valence-corrected chi connectivity index (χ1v) is 11.5.